The molecule has 5 rings (SSSR count). The molecule has 1 aliphatic heterocycles. The lowest BCUT2D eigenvalue weighted by atomic mass is 9.69. The van der Waals surface area contributed by atoms with Crippen molar-refractivity contribution in [1.29, 1.82) is 5.26 Å². The Morgan fingerprint density at radius 2 is 1.90 bits per heavy atom. The molecule has 1 N–H and O–H groups in total. The number of carbonyl (C=O) groups is 1. The van der Waals surface area contributed by atoms with Gasteiger partial charge in [0.25, 0.3) is 5.56 Å². The van der Waals surface area contributed by atoms with Crippen LogP contribution in [-0.4, -0.2) is 56.0 Å². The summed E-state index contributed by atoms with van der Waals surface area (Å²) in [5.74, 6) is 0.497. The van der Waals surface area contributed by atoms with E-state index in [1.807, 2.05) is 34.9 Å². The Morgan fingerprint density at radius 3 is 2.59 bits per heavy atom. The molecule has 5 unspecified atom stereocenters. The van der Waals surface area contributed by atoms with Crippen molar-refractivity contribution in [3.8, 4) is 6.07 Å². The molecular weight excluding hydrogens is 494 g/mol. The van der Waals surface area contributed by atoms with Crippen LogP contribution in [0.1, 0.15) is 89.8 Å². The summed E-state index contributed by atoms with van der Waals surface area (Å²) in [7, 11) is 0. The van der Waals surface area contributed by atoms with E-state index >= 15 is 0 Å². The molecule has 2 heterocycles. The minimum atomic E-state index is -1.22. The fourth-order valence-corrected chi connectivity index (χ4v) is 7.76. The van der Waals surface area contributed by atoms with E-state index in [0.29, 0.717) is 23.6 Å². The van der Waals surface area contributed by atoms with Crippen molar-refractivity contribution in [1.82, 2.24) is 14.5 Å². The van der Waals surface area contributed by atoms with Crippen LogP contribution < -0.4 is 5.56 Å². The predicted molar refractivity (Wildman–Crippen MR) is 148 cm³/mol. The zero-order valence-corrected chi connectivity index (χ0v) is 23.0. The van der Waals surface area contributed by atoms with E-state index in [4.69, 9.17) is 9.94 Å². The Kier molecular flexibility index (Phi) is 8.31. The molecule has 2 aliphatic carbocycles. The van der Waals surface area contributed by atoms with Gasteiger partial charge >= 0.3 is 5.97 Å². The van der Waals surface area contributed by atoms with Gasteiger partial charge in [-0.1, -0.05) is 49.9 Å². The van der Waals surface area contributed by atoms with Gasteiger partial charge in [0, 0.05) is 24.2 Å². The first-order valence-electron chi connectivity index (χ1n) is 14.5. The fraction of sp³-hybridized carbons (Fsp3) is 0.633. The number of hydrogen-bond acceptors (Lipinski definition) is 7. The Hall–Kier alpha value is -3.25. The lowest BCUT2D eigenvalue weighted by molar-refractivity contribution is -0.142. The van der Waals surface area contributed by atoms with Crippen molar-refractivity contribution in [3.63, 3.8) is 0 Å². The summed E-state index contributed by atoms with van der Waals surface area (Å²) in [4.78, 5) is 36.9. The molecule has 2 aromatic rings. The average Bonchev–Trinajstić information content (AvgIpc) is 2.90. The topological polar surface area (TPSA) is 121 Å². The first kappa shape index (κ1) is 27.3. The van der Waals surface area contributed by atoms with Crippen LogP contribution in [0.5, 0.6) is 0 Å². The van der Waals surface area contributed by atoms with Crippen LogP contribution in [0.4, 0.5) is 0 Å². The molecule has 9 heteroatoms. The van der Waals surface area contributed by atoms with Crippen molar-refractivity contribution in [2.45, 2.75) is 102 Å². The molecular formula is C30H39N5O4. The molecule has 3 aliphatic rings. The van der Waals surface area contributed by atoms with Gasteiger partial charge in [-0.3, -0.25) is 9.69 Å². The number of carboxylic acids is 1. The van der Waals surface area contributed by atoms with Crippen molar-refractivity contribution in [2.24, 2.45) is 17.0 Å². The lowest BCUT2D eigenvalue weighted by Gasteiger charge is -2.52. The SMILES string of the molecule is CCCC1CC(n2c(=O)c(C(C#N)=NOCC(=O)O)nc3ccccc32)CC(C)N1C1CC2CCCC(C2)C1. The second kappa shape index (κ2) is 11.9. The fourth-order valence-electron chi connectivity index (χ4n) is 7.76. The Bertz CT molecular complexity index is 1320. The molecule has 0 amide bonds. The molecule has 1 aromatic heterocycles. The normalized spacial score (nSPS) is 29.6. The summed E-state index contributed by atoms with van der Waals surface area (Å²) in [5.41, 5.74) is 0.522. The molecule has 9 nitrogen and oxygen atoms in total. The number of benzene rings is 1. The number of piperidine rings is 1. The van der Waals surface area contributed by atoms with Gasteiger partial charge in [-0.2, -0.15) is 5.26 Å². The van der Waals surface area contributed by atoms with Gasteiger partial charge < -0.3 is 14.5 Å². The quantitative estimate of drug-likeness (QED) is 0.379. The van der Waals surface area contributed by atoms with E-state index in [-0.39, 0.29) is 23.0 Å². The van der Waals surface area contributed by atoms with Gasteiger partial charge in [0.2, 0.25) is 12.3 Å². The maximum atomic E-state index is 13.9. The van der Waals surface area contributed by atoms with Crippen LogP contribution in [-0.2, 0) is 9.63 Å². The summed E-state index contributed by atoms with van der Waals surface area (Å²) in [6.07, 6.45) is 12.0. The minimum Gasteiger partial charge on any atom is -0.479 e. The van der Waals surface area contributed by atoms with Gasteiger partial charge in [-0.15, -0.1) is 0 Å². The number of fused-ring (bicyclic) bond motifs is 3. The van der Waals surface area contributed by atoms with Gasteiger partial charge in [0.1, 0.15) is 6.07 Å². The van der Waals surface area contributed by atoms with Crippen molar-refractivity contribution < 1.29 is 14.7 Å². The number of hydrogen-bond donors (Lipinski definition) is 1. The van der Waals surface area contributed by atoms with Crippen LogP contribution in [0, 0.1) is 23.2 Å². The van der Waals surface area contributed by atoms with Gasteiger partial charge in [0.15, 0.2) is 5.69 Å². The largest absolute Gasteiger partial charge is 0.479 e. The highest BCUT2D eigenvalue weighted by Crippen LogP contribution is 2.45. The van der Waals surface area contributed by atoms with E-state index in [1.54, 1.807) is 0 Å². The number of aromatic nitrogens is 2. The van der Waals surface area contributed by atoms with E-state index in [0.717, 1.165) is 43.0 Å². The summed E-state index contributed by atoms with van der Waals surface area (Å²) in [6, 6.07) is 10.7. The van der Waals surface area contributed by atoms with Crippen LogP contribution in [0.2, 0.25) is 0 Å². The van der Waals surface area contributed by atoms with E-state index in [2.05, 4.69) is 28.9 Å². The zero-order chi connectivity index (χ0) is 27.5. The number of likely N-dealkylation sites (tertiary alicyclic amines) is 1. The molecule has 1 saturated heterocycles. The van der Waals surface area contributed by atoms with E-state index in [9.17, 15) is 14.9 Å². The third-order valence-electron chi connectivity index (χ3n) is 9.07. The summed E-state index contributed by atoms with van der Waals surface area (Å²) >= 11 is 0. The maximum Gasteiger partial charge on any atom is 0.344 e. The van der Waals surface area contributed by atoms with Gasteiger partial charge in [-0.05, 0) is 69.4 Å². The highest BCUT2D eigenvalue weighted by molar-refractivity contribution is 6.10. The molecule has 3 fully saturated rings. The number of oxime groups is 1. The standard InChI is InChI=1S/C30H39N5O4/c1-3-7-22-16-23(12-19(2)34(22)24-14-20-8-6-9-21(13-20)15-24)35-27-11-5-4-10-25(27)32-29(30(35)38)26(17-31)33-39-18-28(36)37/h4-5,10-11,19-24H,3,6-9,12-16,18H2,1-2H3,(H,36,37). The highest BCUT2D eigenvalue weighted by Gasteiger charge is 2.42. The van der Waals surface area contributed by atoms with Crippen molar-refractivity contribution >= 4 is 22.7 Å². The van der Waals surface area contributed by atoms with Gasteiger partial charge in [-0.25, -0.2) is 9.78 Å². The predicted octanol–water partition coefficient (Wildman–Crippen LogP) is 4.89. The number of carboxylic acid groups (broad SMARTS) is 1. The van der Waals surface area contributed by atoms with Crippen molar-refractivity contribution in [3.05, 3.63) is 40.3 Å². The van der Waals surface area contributed by atoms with E-state index in [1.165, 1.54) is 38.5 Å². The minimum absolute atomic E-state index is 0.0464. The third-order valence-corrected chi connectivity index (χ3v) is 9.07. The zero-order valence-electron chi connectivity index (χ0n) is 23.0. The number of nitrogens with zero attached hydrogens (tertiary/aromatic N) is 5. The Labute approximate surface area is 229 Å². The number of rotatable bonds is 8. The summed E-state index contributed by atoms with van der Waals surface area (Å²) in [5, 5.41) is 22.3. The van der Waals surface area contributed by atoms with Crippen LogP contribution in [0.15, 0.2) is 34.2 Å². The second-order valence-corrected chi connectivity index (χ2v) is 11.7. The number of para-hydroxylation sites is 2. The Morgan fingerprint density at radius 1 is 1.15 bits per heavy atom. The van der Waals surface area contributed by atoms with Crippen LogP contribution in [0.3, 0.4) is 0 Å². The highest BCUT2D eigenvalue weighted by atomic mass is 16.6. The monoisotopic (exact) mass is 533 g/mol. The third kappa shape index (κ3) is 5.72. The first-order valence-corrected chi connectivity index (χ1v) is 14.5. The molecule has 0 spiro atoms. The first-order chi connectivity index (χ1) is 18.9. The molecule has 0 radical (unpaired) electrons. The van der Waals surface area contributed by atoms with Crippen LogP contribution >= 0.6 is 0 Å². The summed E-state index contributed by atoms with van der Waals surface area (Å²) < 4.78 is 1.81. The van der Waals surface area contributed by atoms with Crippen LogP contribution in [0.25, 0.3) is 11.0 Å². The smallest absolute Gasteiger partial charge is 0.344 e. The average molecular weight is 534 g/mol. The molecule has 5 atom stereocenters. The maximum absolute atomic E-state index is 13.9. The molecule has 2 saturated carbocycles. The van der Waals surface area contributed by atoms with E-state index < -0.39 is 12.6 Å². The second-order valence-electron chi connectivity index (χ2n) is 11.7. The number of aliphatic carboxylic acids is 1. The van der Waals surface area contributed by atoms with Crippen molar-refractivity contribution in [2.75, 3.05) is 6.61 Å². The number of nitriles is 1. The summed E-state index contributed by atoms with van der Waals surface area (Å²) in [6.45, 7) is 3.85. The Balaban J connectivity index is 1.50. The molecule has 208 valence electrons. The van der Waals surface area contributed by atoms with Gasteiger partial charge in [0.05, 0.1) is 11.0 Å². The molecule has 39 heavy (non-hydrogen) atoms. The molecule has 2 bridgehead atoms. The molecule has 1 aromatic carbocycles. The lowest BCUT2D eigenvalue weighted by Crippen LogP contribution is -2.56.